The Labute approximate surface area is 407 Å². The van der Waals surface area contributed by atoms with Crippen LogP contribution >= 0.6 is 50.0 Å². The maximum absolute atomic E-state index is 11.3. The van der Waals surface area contributed by atoms with Crippen LogP contribution in [0.15, 0.2) is 0 Å². The lowest BCUT2D eigenvalue weighted by Crippen LogP contribution is -1.86. The van der Waals surface area contributed by atoms with Crippen LogP contribution < -0.4 is 0 Å². The van der Waals surface area contributed by atoms with Crippen LogP contribution in [0.4, 0.5) is 0 Å². The Bertz CT molecular complexity index is 1270. The summed E-state index contributed by atoms with van der Waals surface area (Å²) in [6.45, 7) is 40.9. The van der Waals surface area contributed by atoms with E-state index in [0.717, 1.165) is 88.1 Å². The standard InChI is InChI=1S/C10H23OP.C9H21OP.C8H19OP.C7H17OP.C6H15OP.C5H13OP.C4H11OP.CH4/c1-4-5-6-7-8-9-10-12(2,3)11;1-4-5-6-7-8-9-11(2,3)10;1-4-5-6-7-8-10(2,3)9;1-4-5-6-7-9(2,3)8;1-4-5-6-8(2,3)7;1-4-5-7(2,3)6;1-4-6(2,3)5;/h4-10H2,1-3H3;4-9H2,1-3H3;4-8H2,1-3H3;4-7H2,1-3H3;4-6H2,1-3H3;4-5H2,1-3H3;4H2,1-3H3;1H4. The number of unbranched alkanes of at least 4 members (excludes halogenated alkanes) is 15. The highest BCUT2D eigenvalue weighted by molar-refractivity contribution is 7.64. The van der Waals surface area contributed by atoms with E-state index < -0.39 is 50.0 Å². The van der Waals surface area contributed by atoms with Crippen molar-refractivity contribution < 1.29 is 32.0 Å². The van der Waals surface area contributed by atoms with E-state index in [4.69, 9.17) is 0 Å². The van der Waals surface area contributed by atoms with Crippen LogP contribution in [0.5, 0.6) is 0 Å². The molecule has 0 amide bonds. The molecule has 0 aromatic heterocycles. The second-order valence-electron chi connectivity index (χ2n) is 21.0. The Hall–Kier alpha value is 1.61. The molecule has 400 valence electrons. The van der Waals surface area contributed by atoms with Crippen LogP contribution in [0.3, 0.4) is 0 Å². The van der Waals surface area contributed by atoms with Crippen molar-refractivity contribution in [1.82, 2.24) is 0 Å². The Kier molecular flexibility index (Phi) is 65.7. The van der Waals surface area contributed by atoms with Crippen molar-refractivity contribution in [1.29, 1.82) is 0 Å². The maximum Gasteiger partial charge on any atom is 0.0819 e. The Morgan fingerprint density at radius 2 is 0.359 bits per heavy atom. The van der Waals surface area contributed by atoms with Crippen molar-refractivity contribution in [3.8, 4) is 0 Å². The molecular formula is C50H123O7P7. The predicted octanol–water partition coefficient (Wildman–Crippen LogP) is 20.2. The fraction of sp³-hybridized carbons (Fsp3) is 1.00. The third kappa shape index (κ3) is 131. The molecule has 0 N–H and O–H groups in total. The molecule has 0 bridgehead atoms. The summed E-state index contributed by atoms with van der Waals surface area (Å²) in [4.78, 5) is 0. The van der Waals surface area contributed by atoms with Gasteiger partial charge in [0.05, 0.1) is 50.0 Å². The van der Waals surface area contributed by atoms with Crippen LogP contribution in [-0.4, -0.2) is 136 Å². The average molecular weight is 1050 g/mol. The lowest BCUT2D eigenvalue weighted by atomic mass is 10.1. The first kappa shape index (κ1) is 82.5. The summed E-state index contributed by atoms with van der Waals surface area (Å²) >= 11 is 0. The molecule has 7 nitrogen and oxygen atoms in total. The minimum absolute atomic E-state index is 0. The van der Waals surface area contributed by atoms with Gasteiger partial charge in [-0.3, -0.25) is 0 Å². The first-order valence-corrected chi connectivity index (χ1v) is 44.7. The summed E-state index contributed by atoms with van der Waals surface area (Å²) in [5.74, 6) is 0. The van der Waals surface area contributed by atoms with Crippen molar-refractivity contribution in [2.75, 3.05) is 136 Å². The summed E-state index contributed by atoms with van der Waals surface area (Å²) in [5.41, 5.74) is 0. The van der Waals surface area contributed by atoms with Crippen molar-refractivity contribution in [3.63, 3.8) is 0 Å². The van der Waals surface area contributed by atoms with Gasteiger partial charge in [-0.15, -0.1) is 0 Å². The van der Waals surface area contributed by atoms with Gasteiger partial charge in [-0.25, -0.2) is 0 Å². The third-order valence-electron chi connectivity index (χ3n) is 9.27. The molecule has 0 spiro atoms. The number of hydrogen-bond donors (Lipinski definition) is 0. The van der Waals surface area contributed by atoms with E-state index in [9.17, 15) is 32.0 Å². The lowest BCUT2D eigenvalue weighted by Gasteiger charge is -2.05. The summed E-state index contributed by atoms with van der Waals surface area (Å²) in [6.07, 6.45) is 32.4. The van der Waals surface area contributed by atoms with E-state index in [1.807, 2.05) is 86.9 Å². The minimum Gasteiger partial charge on any atom is -0.324 e. The third-order valence-corrected chi connectivity index (χ3v) is 19.3. The highest BCUT2D eigenvalue weighted by Crippen LogP contribution is 2.39. The van der Waals surface area contributed by atoms with E-state index in [0.29, 0.717) is 0 Å². The van der Waals surface area contributed by atoms with E-state index in [2.05, 4.69) is 41.5 Å². The Morgan fingerprint density at radius 1 is 0.203 bits per heavy atom. The van der Waals surface area contributed by atoms with Gasteiger partial charge in [0, 0.05) is 37.0 Å². The lowest BCUT2D eigenvalue weighted by molar-refractivity contribution is 0.574. The molecule has 0 atom stereocenters. The first-order valence-electron chi connectivity index (χ1n) is 25.2. The van der Waals surface area contributed by atoms with E-state index in [1.54, 1.807) is 13.3 Å². The molecule has 0 aromatic rings. The highest BCUT2D eigenvalue weighted by Gasteiger charge is 2.08. The summed E-state index contributed by atoms with van der Waals surface area (Å²) in [7, 11) is -11.8. The van der Waals surface area contributed by atoms with E-state index >= 15 is 0 Å². The molecule has 0 unspecified atom stereocenters. The normalized spacial score (nSPS) is 11.7. The molecule has 0 aliphatic rings. The van der Waals surface area contributed by atoms with Crippen molar-refractivity contribution >= 4 is 50.0 Å². The van der Waals surface area contributed by atoms with Gasteiger partial charge >= 0.3 is 0 Å². The molecule has 0 fully saturated rings. The van der Waals surface area contributed by atoms with Crippen molar-refractivity contribution in [2.24, 2.45) is 0 Å². The van der Waals surface area contributed by atoms with Crippen LogP contribution in [0.25, 0.3) is 0 Å². The second kappa shape index (κ2) is 51.0. The van der Waals surface area contributed by atoms with Crippen LogP contribution in [0.1, 0.15) is 191 Å². The molecule has 0 rings (SSSR count). The molecule has 0 aromatic carbocycles. The van der Waals surface area contributed by atoms with E-state index in [-0.39, 0.29) is 7.43 Å². The van der Waals surface area contributed by atoms with Gasteiger partial charge in [-0.1, -0.05) is 152 Å². The predicted molar refractivity (Wildman–Crippen MR) is 314 cm³/mol. The molecule has 0 saturated carbocycles. The first-order chi connectivity index (χ1) is 28.4. The van der Waals surface area contributed by atoms with Crippen molar-refractivity contribution in [2.45, 2.75) is 191 Å². The Morgan fingerprint density at radius 3 is 0.516 bits per heavy atom. The zero-order chi connectivity index (χ0) is 51.3. The minimum atomic E-state index is -1.72. The molecule has 0 radical (unpaired) electrons. The highest BCUT2D eigenvalue weighted by atomic mass is 31.2. The number of rotatable bonds is 28. The monoisotopic (exact) mass is 1050 g/mol. The van der Waals surface area contributed by atoms with Crippen molar-refractivity contribution in [3.05, 3.63) is 0 Å². The SMILES string of the molecule is C.CCCCCCCCP(C)(C)=O.CCCCCCCP(C)(C)=O.CCCCCCP(C)(C)=O.CCCCCP(C)(C)=O.CCCCP(C)(C)=O.CCCP(C)(C)=O.CCP(C)(C)=O. The molecule has 0 heterocycles. The van der Waals surface area contributed by atoms with Gasteiger partial charge in [-0.05, 0) is 138 Å². The molecule has 0 saturated heterocycles. The topological polar surface area (TPSA) is 119 Å². The van der Waals surface area contributed by atoms with Crippen LogP contribution in [-0.2, 0) is 32.0 Å². The summed E-state index contributed by atoms with van der Waals surface area (Å²) in [5, 5.41) is 0. The zero-order valence-corrected chi connectivity index (χ0v) is 53.0. The fourth-order valence-electron chi connectivity index (χ4n) is 5.11. The zero-order valence-electron chi connectivity index (χ0n) is 46.8. The quantitative estimate of drug-likeness (QED) is 0.0565. The van der Waals surface area contributed by atoms with Crippen LogP contribution in [0.2, 0.25) is 0 Å². The molecule has 0 aliphatic heterocycles. The molecule has 0 aliphatic carbocycles. The van der Waals surface area contributed by atoms with Gasteiger partial charge in [0.1, 0.15) is 0 Å². The average Bonchev–Trinajstić information content (AvgIpc) is 3.09. The maximum atomic E-state index is 11.3. The summed E-state index contributed by atoms with van der Waals surface area (Å²) in [6, 6.07) is 0. The number of hydrogen-bond acceptors (Lipinski definition) is 7. The second-order valence-corrected chi connectivity index (χ2v) is 46.3. The molecule has 14 heteroatoms. The van der Waals surface area contributed by atoms with Gasteiger partial charge < -0.3 is 32.0 Å². The smallest absolute Gasteiger partial charge is 0.0819 e. The molecular weight excluding hydrogens is 929 g/mol. The van der Waals surface area contributed by atoms with Gasteiger partial charge in [0.25, 0.3) is 0 Å². The van der Waals surface area contributed by atoms with E-state index in [1.165, 1.54) is 89.9 Å². The fourth-order valence-corrected chi connectivity index (χ4v) is 11.2. The Balaban J connectivity index is -0.0000000960. The molecule has 64 heavy (non-hydrogen) atoms. The van der Waals surface area contributed by atoms with Gasteiger partial charge in [-0.2, -0.15) is 0 Å². The summed E-state index contributed by atoms with van der Waals surface area (Å²) < 4.78 is 77.2. The van der Waals surface area contributed by atoms with Gasteiger partial charge in [0.2, 0.25) is 0 Å². The van der Waals surface area contributed by atoms with Gasteiger partial charge in [0.15, 0.2) is 0 Å². The van der Waals surface area contributed by atoms with Crippen LogP contribution in [0, 0.1) is 0 Å². The largest absolute Gasteiger partial charge is 0.324 e.